The van der Waals surface area contributed by atoms with Crippen LogP contribution >= 0.6 is 0 Å². The number of hydrogen-bond donors (Lipinski definition) is 4. The number of fused-ring (bicyclic) bond motifs is 1. The molecule has 0 bridgehead atoms. The molecule has 2 aromatic heterocycles. The Balaban J connectivity index is 1.56. The standard InChI is InChI=1S/C18H16N6O/c19-13-7-14-12(9-20-16(14)21-10-13)6-15-17(25)24-18(23-15)22-8-11-4-2-1-3-5-11/h1-7,9-10H,8,19H2,(H,20,21)(H2,22,23,24,25)/b15-6+. The van der Waals surface area contributed by atoms with Gasteiger partial charge in [-0.15, -0.1) is 0 Å². The molecular weight excluding hydrogens is 316 g/mol. The number of aliphatic imine (C=N–C) groups is 1. The van der Waals surface area contributed by atoms with Crippen LogP contribution in [0.2, 0.25) is 0 Å². The molecule has 25 heavy (non-hydrogen) atoms. The highest BCUT2D eigenvalue weighted by atomic mass is 16.2. The maximum Gasteiger partial charge on any atom is 0.276 e. The number of nitrogen functional groups attached to an aromatic ring is 1. The van der Waals surface area contributed by atoms with Gasteiger partial charge < -0.3 is 16.0 Å². The number of carbonyl (C=O) groups is 1. The van der Waals surface area contributed by atoms with Crippen LogP contribution in [0.1, 0.15) is 11.1 Å². The fourth-order valence-corrected chi connectivity index (χ4v) is 2.64. The number of nitrogens with zero attached hydrogens (tertiary/aromatic N) is 2. The second-order valence-corrected chi connectivity index (χ2v) is 5.69. The van der Waals surface area contributed by atoms with Crippen LogP contribution in [0.25, 0.3) is 17.1 Å². The van der Waals surface area contributed by atoms with Crippen molar-refractivity contribution in [3.05, 3.63) is 65.6 Å². The molecule has 1 aliphatic rings. The molecule has 0 saturated heterocycles. The van der Waals surface area contributed by atoms with Gasteiger partial charge in [0.25, 0.3) is 5.91 Å². The molecule has 0 spiro atoms. The molecule has 0 atom stereocenters. The zero-order valence-electron chi connectivity index (χ0n) is 13.3. The molecule has 0 saturated carbocycles. The Bertz CT molecular complexity index is 1000. The summed E-state index contributed by atoms with van der Waals surface area (Å²) in [7, 11) is 0. The van der Waals surface area contributed by atoms with Crippen LogP contribution in [0, 0.1) is 0 Å². The van der Waals surface area contributed by atoms with Crippen LogP contribution in [-0.2, 0) is 11.3 Å². The third-order valence-electron chi connectivity index (χ3n) is 3.88. The second kappa shape index (κ2) is 6.12. The van der Waals surface area contributed by atoms with Crippen molar-refractivity contribution in [2.45, 2.75) is 6.54 Å². The second-order valence-electron chi connectivity index (χ2n) is 5.69. The molecule has 0 unspecified atom stereocenters. The van der Waals surface area contributed by atoms with E-state index in [1.807, 2.05) is 36.4 Å². The van der Waals surface area contributed by atoms with Crippen molar-refractivity contribution in [2.75, 3.05) is 5.73 Å². The number of aromatic nitrogens is 2. The Morgan fingerprint density at radius 3 is 2.92 bits per heavy atom. The highest BCUT2D eigenvalue weighted by Gasteiger charge is 2.20. The molecule has 5 N–H and O–H groups in total. The number of nitrogens with one attached hydrogen (secondary N) is 3. The summed E-state index contributed by atoms with van der Waals surface area (Å²) in [5.74, 6) is 0.194. The van der Waals surface area contributed by atoms with Crippen LogP contribution in [0.5, 0.6) is 0 Å². The summed E-state index contributed by atoms with van der Waals surface area (Å²) >= 11 is 0. The maximum atomic E-state index is 12.1. The van der Waals surface area contributed by atoms with E-state index in [2.05, 4.69) is 25.6 Å². The van der Waals surface area contributed by atoms with Crippen LogP contribution in [-0.4, -0.2) is 21.8 Å². The van der Waals surface area contributed by atoms with E-state index in [1.165, 1.54) is 0 Å². The summed E-state index contributed by atoms with van der Waals surface area (Å²) in [6, 6.07) is 11.7. The normalized spacial score (nSPS) is 15.4. The third-order valence-corrected chi connectivity index (χ3v) is 3.88. The number of anilines is 1. The Morgan fingerprint density at radius 2 is 2.08 bits per heavy atom. The minimum absolute atomic E-state index is 0.248. The molecule has 7 nitrogen and oxygen atoms in total. The quantitative estimate of drug-likeness (QED) is 0.548. The summed E-state index contributed by atoms with van der Waals surface area (Å²) in [5, 5.41) is 6.70. The minimum Gasteiger partial charge on any atom is -0.397 e. The lowest BCUT2D eigenvalue weighted by Crippen LogP contribution is -2.35. The number of H-pyrrole nitrogens is 1. The molecule has 0 radical (unpaired) electrons. The monoisotopic (exact) mass is 332 g/mol. The number of benzene rings is 1. The van der Waals surface area contributed by atoms with Gasteiger partial charge in [0, 0.05) is 23.7 Å². The first-order chi connectivity index (χ1) is 12.2. The first-order valence-electron chi connectivity index (χ1n) is 7.81. The molecule has 1 amide bonds. The van der Waals surface area contributed by atoms with Crippen LogP contribution in [0.15, 0.2) is 59.5 Å². The molecule has 124 valence electrons. The van der Waals surface area contributed by atoms with Gasteiger partial charge in [-0.1, -0.05) is 30.3 Å². The largest absolute Gasteiger partial charge is 0.397 e. The molecule has 1 aliphatic heterocycles. The maximum absolute atomic E-state index is 12.1. The van der Waals surface area contributed by atoms with Crippen LogP contribution in [0.4, 0.5) is 5.69 Å². The summed E-state index contributed by atoms with van der Waals surface area (Å²) in [5.41, 5.74) is 9.32. The number of hydrogen-bond acceptors (Lipinski definition) is 5. The highest BCUT2D eigenvalue weighted by molar-refractivity contribution is 6.14. The Kier molecular flexibility index (Phi) is 3.66. The average Bonchev–Trinajstić information content (AvgIpc) is 3.18. The molecule has 0 fully saturated rings. The average molecular weight is 332 g/mol. The smallest absolute Gasteiger partial charge is 0.276 e. The van der Waals surface area contributed by atoms with Gasteiger partial charge in [0.05, 0.1) is 11.9 Å². The zero-order chi connectivity index (χ0) is 17.2. The molecule has 1 aromatic carbocycles. The lowest BCUT2D eigenvalue weighted by molar-refractivity contribution is -0.115. The molecule has 0 aliphatic carbocycles. The van der Waals surface area contributed by atoms with Crippen molar-refractivity contribution in [3.8, 4) is 0 Å². The van der Waals surface area contributed by atoms with Crippen molar-refractivity contribution in [3.63, 3.8) is 0 Å². The number of amides is 1. The van der Waals surface area contributed by atoms with E-state index in [9.17, 15) is 4.79 Å². The van der Waals surface area contributed by atoms with Gasteiger partial charge in [-0.2, -0.15) is 0 Å². The van der Waals surface area contributed by atoms with Crippen LogP contribution < -0.4 is 16.4 Å². The predicted molar refractivity (Wildman–Crippen MR) is 97.3 cm³/mol. The Labute approximate surface area is 143 Å². The van der Waals surface area contributed by atoms with Gasteiger partial charge in [0.2, 0.25) is 5.96 Å². The molecule has 4 rings (SSSR count). The first-order valence-corrected chi connectivity index (χ1v) is 7.81. The SMILES string of the molecule is Nc1cnc2[nH]cc(/C=C3/N=C(NCc4ccccc4)NC3=O)c2c1. The number of nitrogens with two attached hydrogens (primary N) is 1. The molecule has 7 heteroatoms. The number of pyridine rings is 1. The van der Waals surface area contributed by atoms with Gasteiger partial charge >= 0.3 is 0 Å². The lowest BCUT2D eigenvalue weighted by atomic mass is 10.2. The predicted octanol–water partition coefficient (Wildman–Crippen LogP) is 1.76. The fraction of sp³-hybridized carbons (Fsp3) is 0.0556. The van der Waals surface area contributed by atoms with E-state index in [-0.39, 0.29) is 5.91 Å². The van der Waals surface area contributed by atoms with E-state index in [4.69, 9.17) is 5.73 Å². The highest BCUT2D eigenvalue weighted by Crippen LogP contribution is 2.22. The van der Waals surface area contributed by atoms with Gasteiger partial charge in [-0.3, -0.25) is 10.1 Å². The Hall–Kier alpha value is -3.61. The minimum atomic E-state index is -0.248. The molecular formula is C18H16N6O. The van der Waals surface area contributed by atoms with Crippen molar-refractivity contribution in [1.29, 1.82) is 0 Å². The van der Waals surface area contributed by atoms with E-state index in [1.54, 1.807) is 18.5 Å². The van der Waals surface area contributed by atoms with Crippen molar-refractivity contribution in [2.24, 2.45) is 4.99 Å². The van der Waals surface area contributed by atoms with Crippen molar-refractivity contribution in [1.82, 2.24) is 20.6 Å². The topological polar surface area (TPSA) is 108 Å². The summed E-state index contributed by atoms with van der Waals surface area (Å²) in [6.45, 7) is 0.584. The third kappa shape index (κ3) is 3.07. The van der Waals surface area contributed by atoms with Gasteiger partial charge in [0.1, 0.15) is 11.3 Å². The number of aromatic amines is 1. The Morgan fingerprint density at radius 1 is 1.24 bits per heavy atom. The van der Waals surface area contributed by atoms with E-state index in [0.29, 0.717) is 29.5 Å². The molecule has 3 heterocycles. The van der Waals surface area contributed by atoms with E-state index >= 15 is 0 Å². The lowest BCUT2D eigenvalue weighted by Gasteiger charge is -2.04. The first kappa shape index (κ1) is 14.9. The van der Waals surface area contributed by atoms with Crippen molar-refractivity contribution < 1.29 is 4.79 Å². The van der Waals surface area contributed by atoms with Crippen LogP contribution in [0.3, 0.4) is 0 Å². The summed E-state index contributed by atoms with van der Waals surface area (Å²) in [6.07, 6.45) is 5.08. The molecule has 3 aromatic rings. The van der Waals surface area contributed by atoms with Gasteiger partial charge in [0.15, 0.2) is 0 Å². The number of carbonyl (C=O) groups excluding carboxylic acids is 1. The fourth-order valence-electron chi connectivity index (χ4n) is 2.64. The van der Waals surface area contributed by atoms with E-state index < -0.39 is 0 Å². The van der Waals surface area contributed by atoms with E-state index in [0.717, 1.165) is 16.5 Å². The van der Waals surface area contributed by atoms with Crippen molar-refractivity contribution >= 4 is 34.7 Å². The number of guanidine groups is 1. The number of rotatable bonds is 3. The summed E-state index contributed by atoms with van der Waals surface area (Å²) in [4.78, 5) is 23.7. The van der Waals surface area contributed by atoms with Gasteiger partial charge in [-0.25, -0.2) is 9.98 Å². The summed E-state index contributed by atoms with van der Waals surface area (Å²) < 4.78 is 0. The zero-order valence-corrected chi connectivity index (χ0v) is 13.3. The van der Waals surface area contributed by atoms with Gasteiger partial charge in [-0.05, 0) is 17.7 Å².